The van der Waals surface area contributed by atoms with E-state index in [9.17, 15) is 4.79 Å². The monoisotopic (exact) mass is 437 g/mol. The van der Waals surface area contributed by atoms with Crippen molar-refractivity contribution in [2.75, 3.05) is 20.8 Å². The second kappa shape index (κ2) is 9.25. The molecule has 9 heteroatoms. The number of amides is 1. The number of aromatic nitrogens is 4. The molecule has 0 fully saturated rings. The number of carbonyl (C=O) groups is 1. The average molecular weight is 438 g/mol. The zero-order chi connectivity index (χ0) is 22.7. The minimum absolute atomic E-state index is 0.140. The van der Waals surface area contributed by atoms with Gasteiger partial charge < -0.3 is 19.1 Å². The molecule has 32 heavy (non-hydrogen) atoms. The molecule has 0 saturated heterocycles. The lowest BCUT2D eigenvalue weighted by Crippen LogP contribution is -2.37. The lowest BCUT2D eigenvalue weighted by Gasteiger charge is -2.28. The smallest absolute Gasteiger partial charge is 0.259 e. The molecule has 4 rings (SSSR count). The number of hydrogen-bond donors (Lipinski definition) is 0. The third-order valence-corrected chi connectivity index (χ3v) is 5.52. The van der Waals surface area contributed by atoms with Crippen LogP contribution in [0.3, 0.4) is 0 Å². The van der Waals surface area contributed by atoms with Gasteiger partial charge in [-0.2, -0.15) is 10.1 Å². The Morgan fingerprint density at radius 2 is 2.00 bits per heavy atom. The molecule has 9 nitrogen and oxygen atoms in total. The van der Waals surface area contributed by atoms with Gasteiger partial charge in [0.15, 0.2) is 0 Å². The number of hydrogen-bond acceptors (Lipinski definition) is 7. The molecule has 0 spiro atoms. The van der Waals surface area contributed by atoms with Gasteiger partial charge in [-0.1, -0.05) is 0 Å². The molecule has 0 aromatic carbocycles. The minimum Gasteiger partial charge on any atom is -0.481 e. The van der Waals surface area contributed by atoms with Gasteiger partial charge in [-0.25, -0.2) is 4.98 Å². The first kappa shape index (κ1) is 21.6. The van der Waals surface area contributed by atoms with Crippen LogP contribution in [0, 0.1) is 6.92 Å². The molecule has 0 radical (unpaired) electrons. The number of ether oxygens (including phenoxy) is 3. The van der Waals surface area contributed by atoms with Crippen molar-refractivity contribution in [3.63, 3.8) is 0 Å². The summed E-state index contributed by atoms with van der Waals surface area (Å²) in [5, 5.41) is 4.74. The van der Waals surface area contributed by atoms with Crippen LogP contribution in [-0.4, -0.2) is 51.3 Å². The van der Waals surface area contributed by atoms with E-state index in [-0.39, 0.29) is 11.8 Å². The Labute approximate surface area is 186 Å². The Balaban J connectivity index is 1.57. The molecule has 3 aromatic heterocycles. The summed E-state index contributed by atoms with van der Waals surface area (Å²) in [6.07, 6.45) is 2.44. The molecule has 3 aromatic rings. The minimum atomic E-state index is -0.140. The van der Waals surface area contributed by atoms with Crippen LogP contribution in [0.4, 0.5) is 0 Å². The fourth-order valence-electron chi connectivity index (χ4n) is 3.87. The summed E-state index contributed by atoms with van der Waals surface area (Å²) in [5.41, 5.74) is 4.48. The molecule has 0 N–H and O–H groups in total. The summed E-state index contributed by atoms with van der Waals surface area (Å²) in [4.78, 5) is 23.6. The maximum Gasteiger partial charge on any atom is 0.259 e. The van der Waals surface area contributed by atoms with E-state index in [4.69, 9.17) is 19.3 Å². The van der Waals surface area contributed by atoms with Crippen molar-refractivity contribution < 1.29 is 19.0 Å². The quantitative estimate of drug-likeness (QED) is 0.561. The predicted octanol–water partition coefficient (Wildman–Crippen LogP) is 2.80. The van der Waals surface area contributed by atoms with Crippen LogP contribution in [0.5, 0.6) is 17.6 Å². The second-order valence-electron chi connectivity index (χ2n) is 7.53. The van der Waals surface area contributed by atoms with E-state index < -0.39 is 0 Å². The second-order valence-corrected chi connectivity index (χ2v) is 7.53. The van der Waals surface area contributed by atoms with Crippen LogP contribution in [0.2, 0.25) is 0 Å². The lowest BCUT2D eigenvalue weighted by molar-refractivity contribution is 0.0727. The summed E-state index contributed by atoms with van der Waals surface area (Å²) >= 11 is 0. The third-order valence-electron chi connectivity index (χ3n) is 5.52. The fraction of sp³-hybridized carbons (Fsp3) is 0.391. The number of fused-ring (bicyclic) bond motifs is 1. The number of carbonyl (C=O) groups excluding carboxylic acids is 1. The summed E-state index contributed by atoms with van der Waals surface area (Å²) in [6, 6.07) is 7.16. The number of nitrogens with zero attached hydrogens (tertiary/aromatic N) is 5. The molecule has 0 saturated carbocycles. The molecular formula is C23H27N5O4. The highest BCUT2D eigenvalue weighted by molar-refractivity contribution is 5.96. The Kier molecular flexibility index (Phi) is 6.25. The number of methoxy groups -OCH3 is 2. The van der Waals surface area contributed by atoms with Crippen LogP contribution in [0.1, 0.15) is 39.8 Å². The molecule has 0 unspecified atom stereocenters. The molecule has 0 bridgehead atoms. The Morgan fingerprint density at radius 1 is 1.16 bits per heavy atom. The van der Waals surface area contributed by atoms with Gasteiger partial charge in [0.1, 0.15) is 17.9 Å². The Morgan fingerprint density at radius 3 is 2.72 bits per heavy atom. The van der Waals surface area contributed by atoms with E-state index in [0.717, 1.165) is 35.5 Å². The van der Waals surface area contributed by atoms with Gasteiger partial charge in [-0.3, -0.25) is 9.48 Å². The van der Waals surface area contributed by atoms with Crippen molar-refractivity contribution in [2.45, 2.75) is 40.0 Å². The molecule has 0 aliphatic carbocycles. The van der Waals surface area contributed by atoms with Crippen LogP contribution in [0.25, 0.3) is 0 Å². The zero-order valence-corrected chi connectivity index (χ0v) is 18.8. The molecule has 1 aliphatic heterocycles. The van der Waals surface area contributed by atoms with Crippen LogP contribution in [-0.2, 0) is 26.1 Å². The molecular weight excluding hydrogens is 410 g/mol. The highest BCUT2D eigenvalue weighted by Gasteiger charge is 2.29. The fourth-order valence-corrected chi connectivity index (χ4v) is 3.87. The van der Waals surface area contributed by atoms with Crippen molar-refractivity contribution in [3.05, 3.63) is 58.5 Å². The molecule has 168 valence electrons. The van der Waals surface area contributed by atoms with Gasteiger partial charge in [0.25, 0.3) is 5.91 Å². The molecule has 1 amide bonds. The Hall–Kier alpha value is -3.62. The standard InChI is InChI=1S/C23H27N5O4/c1-5-28-19-9-11-27(23(29)16-6-7-20(30-3)25-22(16)31-4)13-17(19)18(26-28)14-32-21-12-15(2)8-10-24-21/h6-8,10,12H,5,9,11,13-14H2,1-4H3. The summed E-state index contributed by atoms with van der Waals surface area (Å²) in [6.45, 7) is 6.14. The van der Waals surface area contributed by atoms with E-state index in [1.165, 1.54) is 14.2 Å². The van der Waals surface area contributed by atoms with Crippen molar-refractivity contribution in [2.24, 2.45) is 0 Å². The highest BCUT2D eigenvalue weighted by atomic mass is 16.5. The van der Waals surface area contributed by atoms with Crippen LogP contribution in [0.15, 0.2) is 30.5 Å². The van der Waals surface area contributed by atoms with Crippen molar-refractivity contribution in [3.8, 4) is 17.6 Å². The first-order chi connectivity index (χ1) is 15.5. The van der Waals surface area contributed by atoms with Crippen molar-refractivity contribution in [1.29, 1.82) is 0 Å². The number of aryl methyl sites for hydroxylation is 2. The maximum atomic E-state index is 13.3. The van der Waals surface area contributed by atoms with E-state index in [1.54, 1.807) is 23.2 Å². The van der Waals surface area contributed by atoms with Crippen LogP contribution < -0.4 is 14.2 Å². The summed E-state index contributed by atoms with van der Waals surface area (Å²) in [7, 11) is 3.02. The highest BCUT2D eigenvalue weighted by Crippen LogP contribution is 2.27. The first-order valence-corrected chi connectivity index (χ1v) is 10.5. The normalized spacial score (nSPS) is 12.9. The summed E-state index contributed by atoms with van der Waals surface area (Å²) < 4.78 is 18.4. The lowest BCUT2D eigenvalue weighted by atomic mass is 10.0. The Bertz CT molecular complexity index is 1130. The number of pyridine rings is 2. The van der Waals surface area contributed by atoms with Crippen molar-refractivity contribution in [1.82, 2.24) is 24.6 Å². The van der Waals surface area contributed by atoms with E-state index in [0.29, 0.717) is 37.0 Å². The topological polar surface area (TPSA) is 91.6 Å². The van der Waals surface area contributed by atoms with E-state index in [1.807, 2.05) is 23.7 Å². The first-order valence-electron chi connectivity index (χ1n) is 10.5. The maximum absolute atomic E-state index is 13.3. The van der Waals surface area contributed by atoms with E-state index in [2.05, 4.69) is 16.9 Å². The predicted molar refractivity (Wildman–Crippen MR) is 117 cm³/mol. The largest absolute Gasteiger partial charge is 0.481 e. The van der Waals surface area contributed by atoms with Crippen molar-refractivity contribution >= 4 is 5.91 Å². The van der Waals surface area contributed by atoms with Gasteiger partial charge in [0.2, 0.25) is 17.6 Å². The molecule has 1 aliphatic rings. The molecule has 0 atom stereocenters. The SMILES string of the molecule is CCn1nc(COc2cc(C)ccn2)c2c1CCN(C(=O)c1ccc(OC)nc1OC)C2. The third kappa shape index (κ3) is 4.23. The van der Waals surface area contributed by atoms with Gasteiger partial charge >= 0.3 is 0 Å². The average Bonchev–Trinajstić information content (AvgIpc) is 3.19. The van der Waals surface area contributed by atoms with E-state index >= 15 is 0 Å². The summed E-state index contributed by atoms with van der Waals surface area (Å²) in [5.74, 6) is 1.06. The van der Waals surface area contributed by atoms with Gasteiger partial charge in [-0.05, 0) is 31.5 Å². The molecule has 4 heterocycles. The van der Waals surface area contributed by atoms with Gasteiger partial charge in [0, 0.05) is 55.6 Å². The van der Waals surface area contributed by atoms with Crippen LogP contribution >= 0.6 is 0 Å². The van der Waals surface area contributed by atoms with Gasteiger partial charge in [-0.15, -0.1) is 0 Å². The number of rotatable bonds is 7. The van der Waals surface area contributed by atoms with Gasteiger partial charge in [0.05, 0.1) is 14.2 Å². The zero-order valence-electron chi connectivity index (χ0n) is 18.8.